The summed E-state index contributed by atoms with van der Waals surface area (Å²) >= 11 is 7.44. The van der Waals surface area contributed by atoms with Crippen molar-refractivity contribution >= 4 is 33.9 Å². The molecule has 126 valence electrons. The number of aryl methyl sites for hydroxylation is 2. The Kier molecular flexibility index (Phi) is 3.74. The van der Waals surface area contributed by atoms with Crippen molar-refractivity contribution in [3.63, 3.8) is 0 Å². The molecule has 25 heavy (non-hydrogen) atoms. The van der Waals surface area contributed by atoms with Crippen LogP contribution in [0, 0.1) is 13.8 Å². The summed E-state index contributed by atoms with van der Waals surface area (Å²) in [6.07, 6.45) is 0. The molecule has 3 aromatic heterocycles. The summed E-state index contributed by atoms with van der Waals surface area (Å²) in [5.41, 5.74) is 3.54. The van der Waals surface area contributed by atoms with E-state index in [0.29, 0.717) is 27.0 Å². The minimum atomic E-state index is -0.152. The smallest absolute Gasteiger partial charge is 0.277 e. The number of hydrogen-bond acceptors (Lipinski definition) is 5. The van der Waals surface area contributed by atoms with Gasteiger partial charge >= 0.3 is 0 Å². The monoisotopic (exact) mass is 371 g/mol. The summed E-state index contributed by atoms with van der Waals surface area (Å²) in [4.78, 5) is 17.1. The Labute approximate surface area is 152 Å². The van der Waals surface area contributed by atoms with E-state index >= 15 is 0 Å². The maximum atomic E-state index is 12.5. The maximum Gasteiger partial charge on any atom is 0.277 e. The Morgan fingerprint density at radius 2 is 2.04 bits per heavy atom. The van der Waals surface area contributed by atoms with Crippen molar-refractivity contribution in [1.29, 1.82) is 0 Å². The van der Waals surface area contributed by atoms with Crippen LogP contribution in [0.1, 0.15) is 11.3 Å². The molecule has 0 fully saturated rings. The van der Waals surface area contributed by atoms with Gasteiger partial charge in [0.15, 0.2) is 5.76 Å². The largest absolute Gasteiger partial charge is 0.454 e. The Morgan fingerprint density at radius 1 is 1.24 bits per heavy atom. The molecule has 0 bridgehead atoms. The molecule has 5 nitrogen and oxygen atoms in total. The van der Waals surface area contributed by atoms with Gasteiger partial charge in [0.2, 0.25) is 0 Å². The molecule has 0 spiro atoms. The number of thiazole rings is 1. The molecular formula is C18H14ClN3O2S. The highest BCUT2D eigenvalue weighted by molar-refractivity contribution is 7.13. The lowest BCUT2D eigenvalue weighted by atomic mass is 10.1. The first kappa shape index (κ1) is 16.1. The Morgan fingerprint density at radius 3 is 2.84 bits per heavy atom. The predicted octanol–water partition coefficient (Wildman–Crippen LogP) is 4.59. The molecule has 0 radical (unpaired) electrons. The van der Waals surface area contributed by atoms with E-state index < -0.39 is 0 Å². The molecular weight excluding hydrogens is 358 g/mol. The molecule has 4 aromatic rings. The minimum Gasteiger partial charge on any atom is -0.454 e. The van der Waals surface area contributed by atoms with Crippen LogP contribution in [0.15, 0.2) is 38.9 Å². The maximum absolute atomic E-state index is 12.5. The zero-order chi connectivity index (χ0) is 17.7. The van der Waals surface area contributed by atoms with E-state index in [-0.39, 0.29) is 5.56 Å². The summed E-state index contributed by atoms with van der Waals surface area (Å²) < 4.78 is 7.21. The first-order valence-corrected chi connectivity index (χ1v) is 8.89. The molecule has 0 saturated carbocycles. The van der Waals surface area contributed by atoms with E-state index in [0.717, 1.165) is 22.2 Å². The second-order valence-corrected chi connectivity index (χ2v) is 7.14. The van der Waals surface area contributed by atoms with E-state index in [1.54, 1.807) is 13.1 Å². The molecule has 0 unspecified atom stereocenters. The molecule has 0 amide bonds. The highest BCUT2D eigenvalue weighted by Gasteiger charge is 2.17. The highest BCUT2D eigenvalue weighted by Crippen LogP contribution is 2.33. The number of fused-ring (bicyclic) bond motifs is 1. The quantitative estimate of drug-likeness (QED) is 0.517. The second-order valence-electron chi connectivity index (χ2n) is 5.84. The molecule has 0 aliphatic rings. The molecule has 0 aliphatic carbocycles. The van der Waals surface area contributed by atoms with Gasteiger partial charge in [0.05, 0.1) is 11.3 Å². The van der Waals surface area contributed by atoms with Gasteiger partial charge in [0.25, 0.3) is 5.56 Å². The van der Waals surface area contributed by atoms with Crippen LogP contribution in [0.2, 0.25) is 5.02 Å². The average molecular weight is 372 g/mol. The first-order chi connectivity index (χ1) is 11.9. The fourth-order valence-corrected chi connectivity index (χ4v) is 3.82. The molecule has 1 aromatic carbocycles. The van der Waals surface area contributed by atoms with Gasteiger partial charge in [-0.1, -0.05) is 11.6 Å². The van der Waals surface area contributed by atoms with E-state index in [2.05, 4.69) is 10.1 Å². The van der Waals surface area contributed by atoms with Crippen LogP contribution >= 0.6 is 22.9 Å². The molecule has 4 rings (SSSR count). The van der Waals surface area contributed by atoms with Gasteiger partial charge in [-0.15, -0.1) is 11.3 Å². The number of rotatable bonds is 2. The predicted molar refractivity (Wildman–Crippen MR) is 100 cm³/mol. The van der Waals surface area contributed by atoms with Crippen LogP contribution in [-0.2, 0) is 7.05 Å². The van der Waals surface area contributed by atoms with Gasteiger partial charge in [-0.2, -0.15) is 5.10 Å². The van der Waals surface area contributed by atoms with E-state index in [1.807, 2.05) is 37.4 Å². The van der Waals surface area contributed by atoms with Crippen LogP contribution in [0.5, 0.6) is 0 Å². The number of benzene rings is 1. The van der Waals surface area contributed by atoms with Crippen molar-refractivity contribution in [2.24, 2.45) is 7.05 Å². The summed E-state index contributed by atoms with van der Waals surface area (Å²) in [6, 6.07) is 7.38. The standard InChI is InChI=1S/C18H14ClN3O2S/c1-9-10(2)21-22(3)18(23)16(9)17-20-13(8-25-17)15-7-11-6-12(19)4-5-14(11)24-15/h4-8H,1-3H3. The molecule has 0 aliphatic heterocycles. The Hall–Kier alpha value is -2.44. The lowest BCUT2D eigenvalue weighted by Crippen LogP contribution is -2.23. The third-order valence-electron chi connectivity index (χ3n) is 4.17. The Bertz CT molecular complexity index is 1170. The number of furan rings is 1. The van der Waals surface area contributed by atoms with Gasteiger partial charge in [0.1, 0.15) is 16.3 Å². The minimum absolute atomic E-state index is 0.152. The van der Waals surface area contributed by atoms with E-state index in [9.17, 15) is 4.79 Å². The van der Waals surface area contributed by atoms with Crippen LogP contribution < -0.4 is 5.56 Å². The van der Waals surface area contributed by atoms with Crippen molar-refractivity contribution < 1.29 is 4.42 Å². The number of hydrogen-bond donors (Lipinski definition) is 0. The van der Waals surface area contributed by atoms with Gasteiger partial charge in [-0.25, -0.2) is 9.67 Å². The average Bonchev–Trinajstić information content (AvgIpc) is 3.19. The molecule has 0 N–H and O–H groups in total. The summed E-state index contributed by atoms with van der Waals surface area (Å²) in [5.74, 6) is 0.653. The second kappa shape index (κ2) is 5.82. The van der Waals surface area contributed by atoms with Crippen LogP contribution in [0.4, 0.5) is 0 Å². The van der Waals surface area contributed by atoms with Gasteiger partial charge < -0.3 is 4.42 Å². The lowest BCUT2D eigenvalue weighted by Gasteiger charge is -2.07. The summed E-state index contributed by atoms with van der Waals surface area (Å²) in [6.45, 7) is 3.78. The van der Waals surface area contributed by atoms with Crippen molar-refractivity contribution in [3.05, 3.63) is 56.3 Å². The van der Waals surface area contributed by atoms with Crippen molar-refractivity contribution in [3.8, 4) is 22.0 Å². The third-order valence-corrected chi connectivity index (χ3v) is 5.27. The number of aromatic nitrogens is 3. The zero-order valence-electron chi connectivity index (χ0n) is 13.8. The van der Waals surface area contributed by atoms with E-state index in [4.69, 9.17) is 16.0 Å². The third kappa shape index (κ3) is 2.67. The van der Waals surface area contributed by atoms with Crippen LogP contribution in [-0.4, -0.2) is 14.8 Å². The highest BCUT2D eigenvalue weighted by atomic mass is 35.5. The van der Waals surface area contributed by atoms with E-state index in [1.165, 1.54) is 16.0 Å². The summed E-state index contributed by atoms with van der Waals surface area (Å²) in [5, 5.41) is 8.34. The van der Waals surface area contributed by atoms with Gasteiger partial charge in [-0.3, -0.25) is 4.79 Å². The van der Waals surface area contributed by atoms with Crippen LogP contribution in [0.3, 0.4) is 0 Å². The van der Waals surface area contributed by atoms with Crippen molar-refractivity contribution in [2.45, 2.75) is 13.8 Å². The zero-order valence-corrected chi connectivity index (χ0v) is 15.4. The fraction of sp³-hybridized carbons (Fsp3) is 0.167. The van der Waals surface area contributed by atoms with Gasteiger partial charge in [-0.05, 0) is 43.7 Å². The topological polar surface area (TPSA) is 60.9 Å². The number of nitrogens with zero attached hydrogens (tertiary/aromatic N) is 3. The molecule has 3 heterocycles. The molecule has 7 heteroatoms. The summed E-state index contributed by atoms with van der Waals surface area (Å²) in [7, 11) is 1.65. The Balaban J connectivity index is 1.84. The SMILES string of the molecule is Cc1nn(C)c(=O)c(-c2nc(-c3cc4cc(Cl)ccc4o3)cs2)c1C. The van der Waals surface area contributed by atoms with Crippen molar-refractivity contribution in [1.82, 2.24) is 14.8 Å². The normalized spacial score (nSPS) is 11.4. The lowest BCUT2D eigenvalue weighted by molar-refractivity contribution is 0.629. The molecule has 0 atom stereocenters. The van der Waals surface area contributed by atoms with Crippen molar-refractivity contribution in [2.75, 3.05) is 0 Å². The molecule has 0 saturated heterocycles. The fourth-order valence-electron chi connectivity index (χ4n) is 2.74. The van der Waals surface area contributed by atoms with Gasteiger partial charge in [0, 0.05) is 22.8 Å². The number of halogens is 1. The van der Waals surface area contributed by atoms with Crippen LogP contribution in [0.25, 0.3) is 33.0 Å². The first-order valence-electron chi connectivity index (χ1n) is 7.64.